The van der Waals surface area contributed by atoms with E-state index in [4.69, 9.17) is 9.47 Å². The van der Waals surface area contributed by atoms with Crippen LogP contribution in [0.2, 0.25) is 0 Å². The van der Waals surface area contributed by atoms with Crippen molar-refractivity contribution < 1.29 is 13.9 Å². The minimum absolute atomic E-state index is 0. The third kappa shape index (κ3) is 5.43. The van der Waals surface area contributed by atoms with Gasteiger partial charge in [-0.1, -0.05) is 0 Å². The molecule has 2 aliphatic heterocycles. The summed E-state index contributed by atoms with van der Waals surface area (Å²) >= 11 is 0. The molecule has 0 radical (unpaired) electrons. The fraction of sp³-hybridized carbons (Fsp3) is 0.435. The summed E-state index contributed by atoms with van der Waals surface area (Å²) in [6.07, 6.45) is 4.94. The van der Waals surface area contributed by atoms with E-state index in [2.05, 4.69) is 20.2 Å². The molecule has 8 nitrogen and oxygen atoms in total. The predicted octanol–water partition coefficient (Wildman–Crippen LogP) is 2.38. The highest BCUT2D eigenvalue weighted by Gasteiger charge is 2.20. The quantitative estimate of drug-likeness (QED) is 0.586. The van der Waals surface area contributed by atoms with Crippen molar-refractivity contribution in [3.63, 3.8) is 0 Å². The van der Waals surface area contributed by atoms with Gasteiger partial charge in [-0.25, -0.2) is 4.39 Å². The number of nitrogens with one attached hydrogen (secondary N) is 1. The van der Waals surface area contributed by atoms with Gasteiger partial charge >= 0.3 is 0 Å². The van der Waals surface area contributed by atoms with Crippen molar-refractivity contribution in [3.05, 3.63) is 58.5 Å². The van der Waals surface area contributed by atoms with E-state index >= 15 is 0 Å². The van der Waals surface area contributed by atoms with Gasteiger partial charge in [-0.3, -0.25) is 14.8 Å². The van der Waals surface area contributed by atoms with Crippen molar-refractivity contribution >= 4 is 23.4 Å². The van der Waals surface area contributed by atoms with E-state index < -0.39 is 5.82 Å². The topological polar surface area (TPSA) is 81.5 Å². The monoisotopic (exact) mass is 475 g/mol. The zero-order chi connectivity index (χ0) is 21.9. The number of halogens is 2. The van der Waals surface area contributed by atoms with Crippen LogP contribution in [0.15, 0.2) is 41.5 Å². The molecule has 10 heteroatoms. The molecule has 176 valence electrons. The minimum atomic E-state index is -0.434. The van der Waals surface area contributed by atoms with Gasteiger partial charge in [0.2, 0.25) is 0 Å². The van der Waals surface area contributed by atoms with Crippen LogP contribution in [-0.2, 0) is 13.1 Å². The molecule has 33 heavy (non-hydrogen) atoms. The molecule has 0 atom stereocenters. The van der Waals surface area contributed by atoms with Crippen LogP contribution in [0.3, 0.4) is 0 Å². The van der Waals surface area contributed by atoms with Crippen molar-refractivity contribution in [1.82, 2.24) is 24.8 Å². The Balaban J connectivity index is 0.00000259. The van der Waals surface area contributed by atoms with Crippen molar-refractivity contribution in [1.29, 1.82) is 0 Å². The summed E-state index contributed by atoms with van der Waals surface area (Å²) in [6.45, 7) is 4.96. The lowest BCUT2D eigenvalue weighted by Crippen LogP contribution is -2.43. The molecular formula is C23H27ClFN5O3. The molecule has 0 aliphatic carbocycles. The highest BCUT2D eigenvalue weighted by Crippen LogP contribution is 2.29. The molecule has 0 saturated carbocycles. The number of ether oxygens (including phenoxy) is 2. The zero-order valence-corrected chi connectivity index (χ0v) is 19.0. The summed E-state index contributed by atoms with van der Waals surface area (Å²) in [6, 6.07) is 6.87. The predicted molar refractivity (Wildman–Crippen MR) is 125 cm³/mol. The Labute approximate surface area is 197 Å². The smallest absolute Gasteiger partial charge is 0.251 e. The maximum absolute atomic E-state index is 13.7. The number of pyridine rings is 3. The molecule has 1 saturated heterocycles. The van der Waals surface area contributed by atoms with E-state index in [1.165, 1.54) is 18.3 Å². The Morgan fingerprint density at radius 2 is 1.82 bits per heavy atom. The fourth-order valence-electron chi connectivity index (χ4n) is 4.31. The van der Waals surface area contributed by atoms with Gasteiger partial charge in [0.05, 0.1) is 29.1 Å². The molecule has 0 bridgehead atoms. The molecule has 1 N–H and O–H groups in total. The van der Waals surface area contributed by atoms with Crippen molar-refractivity contribution in [2.24, 2.45) is 0 Å². The van der Waals surface area contributed by atoms with E-state index in [9.17, 15) is 9.18 Å². The molecule has 0 unspecified atom stereocenters. The number of hydrogen-bond acceptors (Lipinski definition) is 7. The van der Waals surface area contributed by atoms with Gasteiger partial charge in [0.1, 0.15) is 19.0 Å². The molecule has 1 fully saturated rings. The maximum Gasteiger partial charge on any atom is 0.251 e. The van der Waals surface area contributed by atoms with E-state index in [-0.39, 0.29) is 18.0 Å². The Morgan fingerprint density at radius 1 is 1.03 bits per heavy atom. The molecule has 5 heterocycles. The van der Waals surface area contributed by atoms with E-state index in [1.54, 1.807) is 16.8 Å². The number of likely N-dealkylation sites (tertiary alicyclic amines) is 1. The zero-order valence-electron chi connectivity index (χ0n) is 18.2. The number of fused-ring (bicyclic) bond motifs is 2. The molecule has 3 aromatic heterocycles. The molecule has 3 aromatic rings. The second-order valence-electron chi connectivity index (χ2n) is 8.20. The van der Waals surface area contributed by atoms with Gasteiger partial charge in [0.25, 0.3) is 5.56 Å². The van der Waals surface area contributed by atoms with Gasteiger partial charge in [0, 0.05) is 43.9 Å². The minimum Gasteiger partial charge on any atom is -0.486 e. The van der Waals surface area contributed by atoms with Crippen LogP contribution in [0, 0.1) is 5.82 Å². The number of nitrogens with zero attached hydrogens (tertiary/aromatic N) is 4. The third-order valence-electron chi connectivity index (χ3n) is 6.09. The lowest BCUT2D eigenvalue weighted by molar-refractivity contribution is 0.170. The van der Waals surface area contributed by atoms with Crippen LogP contribution in [0.4, 0.5) is 4.39 Å². The number of aromatic nitrogens is 3. The molecule has 2 aliphatic rings. The number of hydrogen-bond donors (Lipinski definition) is 1. The molecule has 5 rings (SSSR count). The Hall–Kier alpha value is -2.75. The van der Waals surface area contributed by atoms with Crippen LogP contribution in [0.1, 0.15) is 18.5 Å². The van der Waals surface area contributed by atoms with Crippen LogP contribution in [0.25, 0.3) is 11.0 Å². The van der Waals surface area contributed by atoms with Crippen LogP contribution in [-0.4, -0.2) is 58.3 Å². The van der Waals surface area contributed by atoms with Gasteiger partial charge in [0.15, 0.2) is 11.5 Å². The SMILES string of the molecule is Cl.O=c1ccc2ncc(F)cc2n1CCN1CCC(NCc2cc3c(cn2)OCCO3)CC1. The van der Waals surface area contributed by atoms with E-state index in [0.717, 1.165) is 43.9 Å². The highest BCUT2D eigenvalue weighted by molar-refractivity contribution is 5.85. The second-order valence-corrected chi connectivity index (χ2v) is 8.20. The average Bonchev–Trinajstić information content (AvgIpc) is 2.82. The normalized spacial score (nSPS) is 16.5. The summed E-state index contributed by atoms with van der Waals surface area (Å²) in [5.74, 6) is 1.03. The molecule has 0 spiro atoms. The Kier molecular flexibility index (Phi) is 7.42. The van der Waals surface area contributed by atoms with Gasteiger partial charge in [-0.15, -0.1) is 12.4 Å². The maximum atomic E-state index is 13.7. The van der Waals surface area contributed by atoms with Crippen molar-refractivity contribution in [3.8, 4) is 11.5 Å². The summed E-state index contributed by atoms with van der Waals surface area (Å²) in [7, 11) is 0. The Bertz CT molecular complexity index is 1170. The fourth-order valence-corrected chi connectivity index (χ4v) is 4.31. The van der Waals surface area contributed by atoms with Crippen LogP contribution in [0.5, 0.6) is 11.5 Å². The highest BCUT2D eigenvalue weighted by atomic mass is 35.5. The van der Waals surface area contributed by atoms with Gasteiger partial charge < -0.3 is 24.3 Å². The lowest BCUT2D eigenvalue weighted by atomic mass is 10.0. The lowest BCUT2D eigenvalue weighted by Gasteiger charge is -2.32. The van der Waals surface area contributed by atoms with E-state index in [0.29, 0.717) is 49.1 Å². The summed E-state index contributed by atoms with van der Waals surface area (Å²) in [5, 5.41) is 3.59. The third-order valence-corrected chi connectivity index (χ3v) is 6.09. The molecule has 0 amide bonds. The number of piperidine rings is 1. The standard InChI is InChI=1S/C23H26FN5O3.ClH/c24-16-11-20-19(27-13-16)1-2-23(30)29(20)8-7-28-5-3-17(4-6-28)25-14-18-12-21-22(15-26-18)32-10-9-31-21;/h1-2,11-13,15,17,25H,3-10,14H2;1H. The average molecular weight is 476 g/mol. The number of rotatable bonds is 6. The summed E-state index contributed by atoms with van der Waals surface area (Å²) in [4.78, 5) is 23.2. The summed E-state index contributed by atoms with van der Waals surface area (Å²) < 4.78 is 26.4. The van der Waals surface area contributed by atoms with Crippen molar-refractivity contribution in [2.75, 3.05) is 32.8 Å². The summed E-state index contributed by atoms with van der Waals surface area (Å²) in [5.41, 5.74) is 1.98. The van der Waals surface area contributed by atoms with E-state index in [1.807, 2.05) is 6.07 Å². The first-order valence-electron chi connectivity index (χ1n) is 11.0. The largest absolute Gasteiger partial charge is 0.486 e. The molecule has 0 aromatic carbocycles. The van der Waals surface area contributed by atoms with Gasteiger partial charge in [-0.2, -0.15) is 0 Å². The van der Waals surface area contributed by atoms with Crippen LogP contribution >= 0.6 is 12.4 Å². The second kappa shape index (κ2) is 10.5. The Morgan fingerprint density at radius 3 is 2.64 bits per heavy atom. The first-order valence-corrected chi connectivity index (χ1v) is 11.0. The first kappa shape index (κ1) is 23.4. The van der Waals surface area contributed by atoms with Gasteiger partial charge in [-0.05, 0) is 32.0 Å². The van der Waals surface area contributed by atoms with Crippen LogP contribution < -0.4 is 20.3 Å². The molecular weight excluding hydrogens is 449 g/mol. The van der Waals surface area contributed by atoms with Crippen molar-refractivity contribution in [2.45, 2.75) is 32.0 Å². The first-order chi connectivity index (χ1) is 15.7.